The molecule has 0 spiro atoms. The molecule has 0 aliphatic heterocycles. The first kappa shape index (κ1) is 19.1. The van der Waals surface area contributed by atoms with Crippen LogP contribution in [0.5, 0.6) is 0 Å². The van der Waals surface area contributed by atoms with Crippen molar-refractivity contribution in [1.82, 2.24) is 5.32 Å². The maximum absolute atomic E-state index is 12.2. The van der Waals surface area contributed by atoms with Crippen molar-refractivity contribution in [3.8, 4) is 0 Å². The lowest BCUT2D eigenvalue weighted by atomic mass is 10.0. The van der Waals surface area contributed by atoms with Crippen LogP contribution in [0.25, 0.3) is 0 Å². The van der Waals surface area contributed by atoms with Crippen LogP contribution in [-0.4, -0.2) is 33.7 Å². The summed E-state index contributed by atoms with van der Waals surface area (Å²) >= 11 is 0. The largest absolute Gasteiger partial charge is 0.375 e. The fraction of sp³-hybridized carbons (Fsp3) is 0.316. The summed E-state index contributed by atoms with van der Waals surface area (Å²) in [5.74, 6) is -0.527. The van der Waals surface area contributed by atoms with Crippen molar-refractivity contribution in [2.75, 3.05) is 19.4 Å². The minimum atomic E-state index is -3.45. The Morgan fingerprint density at radius 1 is 1.08 bits per heavy atom. The van der Waals surface area contributed by atoms with Crippen LogP contribution in [0.4, 0.5) is 0 Å². The van der Waals surface area contributed by atoms with Crippen molar-refractivity contribution in [2.45, 2.75) is 24.3 Å². The van der Waals surface area contributed by atoms with E-state index in [4.69, 9.17) is 4.74 Å². The highest BCUT2D eigenvalue weighted by Crippen LogP contribution is 2.19. The van der Waals surface area contributed by atoms with E-state index in [1.807, 2.05) is 31.2 Å². The molecule has 1 amide bonds. The average molecular weight is 361 g/mol. The first-order valence-corrected chi connectivity index (χ1v) is 9.72. The minimum Gasteiger partial charge on any atom is -0.375 e. The SMILES string of the molecule is CO[C@H](CNC(=O)CCS(=O)(=O)c1ccccc1)c1ccccc1C. The first-order valence-electron chi connectivity index (χ1n) is 8.07. The van der Waals surface area contributed by atoms with Gasteiger partial charge in [-0.1, -0.05) is 42.5 Å². The van der Waals surface area contributed by atoms with Crippen LogP contribution in [-0.2, 0) is 19.4 Å². The third kappa shape index (κ3) is 5.41. The Morgan fingerprint density at radius 2 is 1.72 bits per heavy atom. The number of rotatable bonds is 8. The quantitative estimate of drug-likeness (QED) is 0.785. The van der Waals surface area contributed by atoms with Crippen LogP contribution in [0, 0.1) is 6.92 Å². The van der Waals surface area contributed by atoms with E-state index in [1.54, 1.807) is 25.3 Å². The Bertz CT molecular complexity index is 803. The van der Waals surface area contributed by atoms with Gasteiger partial charge in [-0.15, -0.1) is 0 Å². The zero-order chi connectivity index (χ0) is 18.3. The molecule has 134 valence electrons. The number of benzene rings is 2. The van der Waals surface area contributed by atoms with E-state index in [0.29, 0.717) is 6.54 Å². The molecule has 1 atom stereocenters. The third-order valence-corrected chi connectivity index (χ3v) is 5.74. The molecular formula is C19H23NO4S. The van der Waals surface area contributed by atoms with Crippen LogP contribution >= 0.6 is 0 Å². The van der Waals surface area contributed by atoms with Gasteiger partial charge >= 0.3 is 0 Å². The number of hydrogen-bond acceptors (Lipinski definition) is 4. The van der Waals surface area contributed by atoms with Gasteiger partial charge in [-0.05, 0) is 30.2 Å². The topological polar surface area (TPSA) is 72.5 Å². The number of aryl methyl sites for hydroxylation is 1. The van der Waals surface area contributed by atoms with Crippen LogP contribution in [0.1, 0.15) is 23.7 Å². The molecule has 5 nitrogen and oxygen atoms in total. The van der Waals surface area contributed by atoms with Crippen molar-refractivity contribution in [1.29, 1.82) is 0 Å². The number of ether oxygens (including phenoxy) is 1. The zero-order valence-electron chi connectivity index (χ0n) is 14.4. The lowest BCUT2D eigenvalue weighted by molar-refractivity contribution is -0.121. The summed E-state index contributed by atoms with van der Waals surface area (Å²) in [7, 11) is -1.86. The van der Waals surface area contributed by atoms with Gasteiger partial charge in [0.1, 0.15) is 0 Å². The number of sulfone groups is 1. The molecule has 6 heteroatoms. The van der Waals surface area contributed by atoms with Gasteiger partial charge in [0.25, 0.3) is 0 Å². The molecule has 2 rings (SSSR count). The summed E-state index contributed by atoms with van der Waals surface area (Å²) in [4.78, 5) is 12.3. The molecular weight excluding hydrogens is 338 g/mol. The summed E-state index contributed by atoms with van der Waals surface area (Å²) in [6.45, 7) is 2.28. The van der Waals surface area contributed by atoms with E-state index in [-0.39, 0.29) is 29.1 Å². The van der Waals surface area contributed by atoms with E-state index in [0.717, 1.165) is 11.1 Å². The number of hydrogen-bond donors (Lipinski definition) is 1. The van der Waals surface area contributed by atoms with E-state index in [2.05, 4.69) is 5.32 Å². The van der Waals surface area contributed by atoms with E-state index < -0.39 is 9.84 Å². The van der Waals surface area contributed by atoms with Gasteiger partial charge in [-0.25, -0.2) is 8.42 Å². The molecule has 0 aliphatic rings. The molecule has 0 aromatic heterocycles. The number of nitrogens with one attached hydrogen (secondary N) is 1. The summed E-state index contributed by atoms with van der Waals surface area (Å²) in [6, 6.07) is 15.9. The molecule has 0 radical (unpaired) electrons. The zero-order valence-corrected chi connectivity index (χ0v) is 15.3. The molecule has 25 heavy (non-hydrogen) atoms. The first-order chi connectivity index (χ1) is 11.9. The van der Waals surface area contributed by atoms with Crippen LogP contribution < -0.4 is 5.32 Å². The van der Waals surface area contributed by atoms with Gasteiger partial charge in [0.15, 0.2) is 9.84 Å². The van der Waals surface area contributed by atoms with Gasteiger partial charge in [-0.3, -0.25) is 4.79 Å². The Hall–Kier alpha value is -2.18. The summed E-state index contributed by atoms with van der Waals surface area (Å²) < 4.78 is 29.8. The van der Waals surface area contributed by atoms with Crippen molar-refractivity contribution in [3.63, 3.8) is 0 Å². The lowest BCUT2D eigenvalue weighted by Gasteiger charge is -2.18. The normalized spacial score (nSPS) is 12.6. The average Bonchev–Trinajstić information content (AvgIpc) is 2.62. The Labute approximate surface area is 148 Å². The van der Waals surface area contributed by atoms with Gasteiger partial charge in [0, 0.05) is 20.1 Å². The number of carbonyl (C=O) groups is 1. The van der Waals surface area contributed by atoms with E-state index in [1.165, 1.54) is 12.1 Å². The third-order valence-electron chi connectivity index (χ3n) is 4.00. The van der Waals surface area contributed by atoms with Crippen molar-refractivity contribution in [3.05, 3.63) is 65.7 Å². The van der Waals surface area contributed by atoms with Gasteiger partial charge < -0.3 is 10.1 Å². The predicted molar refractivity (Wildman–Crippen MR) is 97.1 cm³/mol. The van der Waals surface area contributed by atoms with Gasteiger partial charge in [0.05, 0.1) is 16.8 Å². The lowest BCUT2D eigenvalue weighted by Crippen LogP contribution is -2.30. The second-order valence-corrected chi connectivity index (χ2v) is 7.88. The monoisotopic (exact) mass is 361 g/mol. The molecule has 0 bridgehead atoms. The molecule has 0 heterocycles. The molecule has 2 aromatic carbocycles. The highest BCUT2D eigenvalue weighted by atomic mass is 32.2. The predicted octanol–water partition coefficient (Wildman–Crippen LogP) is 2.66. The smallest absolute Gasteiger partial charge is 0.221 e. The molecule has 0 aliphatic carbocycles. The molecule has 0 unspecified atom stereocenters. The molecule has 0 saturated carbocycles. The van der Waals surface area contributed by atoms with E-state index in [9.17, 15) is 13.2 Å². The van der Waals surface area contributed by atoms with E-state index >= 15 is 0 Å². The van der Waals surface area contributed by atoms with Crippen LogP contribution in [0.3, 0.4) is 0 Å². The highest BCUT2D eigenvalue weighted by Gasteiger charge is 2.18. The molecule has 0 fully saturated rings. The standard InChI is InChI=1S/C19H23NO4S/c1-15-8-6-7-11-17(15)18(24-2)14-20-19(21)12-13-25(22,23)16-9-4-3-5-10-16/h3-11,18H,12-14H2,1-2H3,(H,20,21)/t18-/m1/s1. The summed E-state index contributed by atoms with van der Waals surface area (Å²) in [5.41, 5.74) is 2.08. The van der Waals surface area contributed by atoms with Crippen LogP contribution in [0.2, 0.25) is 0 Å². The van der Waals surface area contributed by atoms with Gasteiger partial charge in [-0.2, -0.15) is 0 Å². The number of amides is 1. The van der Waals surface area contributed by atoms with Crippen molar-refractivity contribution >= 4 is 15.7 Å². The molecule has 1 N–H and O–H groups in total. The second kappa shape index (κ2) is 8.78. The summed E-state index contributed by atoms with van der Waals surface area (Å²) in [6.07, 6.45) is -0.350. The fourth-order valence-corrected chi connectivity index (χ4v) is 3.80. The van der Waals surface area contributed by atoms with Crippen LogP contribution in [0.15, 0.2) is 59.5 Å². The highest BCUT2D eigenvalue weighted by molar-refractivity contribution is 7.91. The van der Waals surface area contributed by atoms with Gasteiger partial charge in [0.2, 0.25) is 5.91 Å². The number of methoxy groups -OCH3 is 1. The van der Waals surface area contributed by atoms with Crippen molar-refractivity contribution < 1.29 is 17.9 Å². The Balaban J connectivity index is 1.89. The van der Waals surface area contributed by atoms with Crippen molar-refractivity contribution in [2.24, 2.45) is 0 Å². The molecule has 2 aromatic rings. The fourth-order valence-electron chi connectivity index (χ4n) is 2.54. The maximum Gasteiger partial charge on any atom is 0.221 e. The Kier molecular flexibility index (Phi) is 6.73. The Morgan fingerprint density at radius 3 is 2.36 bits per heavy atom. The molecule has 0 saturated heterocycles. The summed E-state index contributed by atoms with van der Waals surface area (Å²) in [5, 5.41) is 2.76. The number of carbonyl (C=O) groups excluding carboxylic acids is 1. The maximum atomic E-state index is 12.2. The minimum absolute atomic E-state index is 0.0819. The second-order valence-electron chi connectivity index (χ2n) is 5.77.